The number of pyridine rings is 1. The Bertz CT molecular complexity index is 349. The Morgan fingerprint density at radius 3 is 2.94 bits per heavy atom. The maximum absolute atomic E-state index is 5.35. The normalized spacial score (nSPS) is 16.1. The predicted octanol–water partition coefficient (Wildman–Crippen LogP) is 0.899. The molecule has 0 spiro atoms. The van der Waals surface area contributed by atoms with Crippen molar-refractivity contribution in [1.29, 1.82) is 0 Å². The molecule has 0 saturated carbocycles. The van der Waals surface area contributed by atoms with Crippen LogP contribution in [0.25, 0.3) is 0 Å². The van der Waals surface area contributed by atoms with Gasteiger partial charge in [0.05, 0.1) is 0 Å². The maximum atomic E-state index is 5.35. The zero-order valence-electron chi connectivity index (χ0n) is 10.4. The fourth-order valence-corrected chi connectivity index (χ4v) is 2.16. The van der Waals surface area contributed by atoms with E-state index in [9.17, 15) is 0 Å². The van der Waals surface area contributed by atoms with Crippen LogP contribution in [0.3, 0.4) is 0 Å². The number of nitrogen functional groups attached to an aromatic ring is 1. The van der Waals surface area contributed by atoms with E-state index in [4.69, 9.17) is 5.84 Å². The maximum Gasteiger partial charge on any atom is 0.141 e. The van der Waals surface area contributed by atoms with Crippen molar-refractivity contribution in [2.24, 2.45) is 5.84 Å². The summed E-state index contributed by atoms with van der Waals surface area (Å²) >= 11 is 0. The second kappa shape index (κ2) is 5.84. The SMILES string of the molecule is CN(CCN1CCCC1)c1ccnc(NN)c1. The second-order valence-electron chi connectivity index (χ2n) is 4.51. The molecule has 1 fully saturated rings. The molecule has 94 valence electrons. The van der Waals surface area contributed by atoms with E-state index >= 15 is 0 Å². The molecule has 0 amide bonds. The molecule has 17 heavy (non-hydrogen) atoms. The van der Waals surface area contributed by atoms with E-state index in [1.807, 2.05) is 12.1 Å². The fraction of sp³-hybridized carbons (Fsp3) is 0.583. The van der Waals surface area contributed by atoms with Gasteiger partial charge in [0.2, 0.25) is 0 Å². The third-order valence-electron chi connectivity index (χ3n) is 3.28. The number of hydrazine groups is 1. The van der Waals surface area contributed by atoms with Gasteiger partial charge >= 0.3 is 0 Å². The topological polar surface area (TPSA) is 57.4 Å². The predicted molar refractivity (Wildman–Crippen MR) is 71.0 cm³/mol. The van der Waals surface area contributed by atoms with Crippen LogP contribution in [0.5, 0.6) is 0 Å². The van der Waals surface area contributed by atoms with E-state index < -0.39 is 0 Å². The molecular weight excluding hydrogens is 214 g/mol. The number of anilines is 2. The highest BCUT2D eigenvalue weighted by molar-refractivity contribution is 5.52. The van der Waals surface area contributed by atoms with Crippen LogP contribution in [0.1, 0.15) is 12.8 Å². The molecule has 5 nitrogen and oxygen atoms in total. The van der Waals surface area contributed by atoms with Gasteiger partial charge in [-0.3, -0.25) is 0 Å². The molecule has 1 saturated heterocycles. The van der Waals surface area contributed by atoms with Gasteiger partial charge in [0, 0.05) is 38.1 Å². The van der Waals surface area contributed by atoms with E-state index in [-0.39, 0.29) is 0 Å². The van der Waals surface area contributed by atoms with Crippen molar-refractivity contribution in [2.45, 2.75) is 12.8 Å². The second-order valence-corrected chi connectivity index (χ2v) is 4.51. The van der Waals surface area contributed by atoms with Crippen molar-refractivity contribution >= 4 is 11.5 Å². The van der Waals surface area contributed by atoms with Crippen LogP contribution in [-0.2, 0) is 0 Å². The van der Waals surface area contributed by atoms with Crippen LogP contribution < -0.4 is 16.2 Å². The highest BCUT2D eigenvalue weighted by Gasteiger charge is 2.12. The lowest BCUT2D eigenvalue weighted by atomic mass is 10.3. The summed E-state index contributed by atoms with van der Waals surface area (Å²) in [6.07, 6.45) is 4.47. The summed E-state index contributed by atoms with van der Waals surface area (Å²) in [5, 5.41) is 0. The van der Waals surface area contributed by atoms with Crippen molar-refractivity contribution in [3.05, 3.63) is 18.3 Å². The smallest absolute Gasteiger partial charge is 0.141 e. The van der Waals surface area contributed by atoms with Gasteiger partial charge in [-0.15, -0.1) is 0 Å². The van der Waals surface area contributed by atoms with Gasteiger partial charge in [-0.1, -0.05) is 0 Å². The number of nitrogens with one attached hydrogen (secondary N) is 1. The van der Waals surface area contributed by atoms with Gasteiger partial charge in [0.25, 0.3) is 0 Å². The molecule has 1 aromatic heterocycles. The molecular formula is C12H21N5. The summed E-state index contributed by atoms with van der Waals surface area (Å²) in [6, 6.07) is 3.97. The number of hydrogen-bond donors (Lipinski definition) is 2. The minimum Gasteiger partial charge on any atom is -0.373 e. The molecule has 0 aliphatic carbocycles. The number of likely N-dealkylation sites (tertiary alicyclic amines) is 1. The highest BCUT2D eigenvalue weighted by atomic mass is 15.3. The van der Waals surface area contributed by atoms with Gasteiger partial charge in [-0.05, 0) is 32.0 Å². The summed E-state index contributed by atoms with van der Waals surface area (Å²) in [5.74, 6) is 6.06. The Morgan fingerprint density at radius 2 is 2.24 bits per heavy atom. The molecule has 3 N–H and O–H groups in total. The van der Waals surface area contributed by atoms with Crippen molar-refractivity contribution in [2.75, 3.05) is 43.6 Å². The average Bonchev–Trinajstić information content (AvgIpc) is 2.89. The number of nitrogens with two attached hydrogens (primary N) is 1. The first-order valence-electron chi connectivity index (χ1n) is 6.16. The average molecular weight is 235 g/mol. The van der Waals surface area contributed by atoms with Gasteiger partial charge in [0.1, 0.15) is 5.82 Å². The number of nitrogens with zero attached hydrogens (tertiary/aromatic N) is 3. The van der Waals surface area contributed by atoms with Crippen LogP contribution in [0, 0.1) is 0 Å². The molecule has 1 aromatic rings. The third kappa shape index (κ3) is 3.31. The lowest BCUT2D eigenvalue weighted by Gasteiger charge is -2.23. The molecule has 0 aromatic carbocycles. The zero-order valence-corrected chi connectivity index (χ0v) is 10.4. The lowest BCUT2D eigenvalue weighted by molar-refractivity contribution is 0.346. The van der Waals surface area contributed by atoms with Crippen LogP contribution in [0.2, 0.25) is 0 Å². The first-order valence-corrected chi connectivity index (χ1v) is 6.16. The molecule has 2 rings (SSSR count). The van der Waals surface area contributed by atoms with Gasteiger partial charge in [-0.25, -0.2) is 10.8 Å². The summed E-state index contributed by atoms with van der Waals surface area (Å²) in [5.41, 5.74) is 3.72. The lowest BCUT2D eigenvalue weighted by Crippen LogP contribution is -2.31. The summed E-state index contributed by atoms with van der Waals surface area (Å²) < 4.78 is 0. The Kier molecular flexibility index (Phi) is 4.17. The number of rotatable bonds is 5. The van der Waals surface area contributed by atoms with Crippen molar-refractivity contribution < 1.29 is 0 Å². The minimum absolute atomic E-state index is 0.704. The number of aromatic nitrogens is 1. The van der Waals surface area contributed by atoms with E-state index in [1.165, 1.54) is 25.9 Å². The Hall–Kier alpha value is -1.33. The molecule has 0 atom stereocenters. The first-order chi connectivity index (χ1) is 8.29. The van der Waals surface area contributed by atoms with Crippen molar-refractivity contribution in [3.63, 3.8) is 0 Å². The summed E-state index contributed by atoms with van der Waals surface area (Å²) in [7, 11) is 2.10. The molecule has 0 radical (unpaired) electrons. The fourth-order valence-electron chi connectivity index (χ4n) is 2.16. The molecule has 0 bridgehead atoms. The van der Waals surface area contributed by atoms with Crippen LogP contribution in [-0.4, -0.2) is 43.1 Å². The number of hydrogen-bond acceptors (Lipinski definition) is 5. The Labute approximate surface area is 103 Å². The molecule has 1 aliphatic heterocycles. The van der Waals surface area contributed by atoms with Gasteiger partial charge in [0.15, 0.2) is 0 Å². The van der Waals surface area contributed by atoms with Crippen molar-refractivity contribution in [3.8, 4) is 0 Å². The highest BCUT2D eigenvalue weighted by Crippen LogP contribution is 2.15. The van der Waals surface area contributed by atoms with E-state index in [2.05, 4.69) is 27.3 Å². The first kappa shape index (κ1) is 12.1. The largest absolute Gasteiger partial charge is 0.373 e. The van der Waals surface area contributed by atoms with Crippen LogP contribution >= 0.6 is 0 Å². The standard InChI is InChI=1S/C12H21N5/c1-16(8-9-17-6-2-3-7-17)11-4-5-14-12(10-11)15-13/h4-5,10H,2-3,6-9,13H2,1H3,(H,14,15). The minimum atomic E-state index is 0.704. The summed E-state index contributed by atoms with van der Waals surface area (Å²) in [6.45, 7) is 4.66. The molecule has 5 heteroatoms. The Morgan fingerprint density at radius 1 is 1.47 bits per heavy atom. The van der Waals surface area contributed by atoms with E-state index in [0.717, 1.165) is 18.8 Å². The third-order valence-corrected chi connectivity index (χ3v) is 3.28. The summed E-state index contributed by atoms with van der Waals surface area (Å²) in [4.78, 5) is 8.86. The number of likely N-dealkylation sites (N-methyl/N-ethyl adjacent to an activating group) is 1. The van der Waals surface area contributed by atoms with E-state index in [1.54, 1.807) is 6.20 Å². The van der Waals surface area contributed by atoms with Crippen molar-refractivity contribution in [1.82, 2.24) is 9.88 Å². The zero-order chi connectivity index (χ0) is 12.1. The van der Waals surface area contributed by atoms with E-state index in [0.29, 0.717) is 5.82 Å². The van der Waals surface area contributed by atoms with Crippen LogP contribution in [0.4, 0.5) is 11.5 Å². The Balaban J connectivity index is 1.87. The molecule has 1 aliphatic rings. The van der Waals surface area contributed by atoms with Gasteiger partial charge in [-0.2, -0.15) is 0 Å². The molecule has 0 unspecified atom stereocenters. The quantitative estimate of drug-likeness (QED) is 0.586. The monoisotopic (exact) mass is 235 g/mol. The molecule has 2 heterocycles. The van der Waals surface area contributed by atoms with Gasteiger partial charge < -0.3 is 15.2 Å². The van der Waals surface area contributed by atoms with Crippen LogP contribution in [0.15, 0.2) is 18.3 Å².